The smallest absolute Gasteiger partial charge is 0.317 e. The van der Waals surface area contributed by atoms with Crippen molar-refractivity contribution >= 4 is 23.5 Å². The van der Waals surface area contributed by atoms with Crippen LogP contribution < -0.4 is 10.6 Å². The van der Waals surface area contributed by atoms with Crippen molar-refractivity contribution in [3.05, 3.63) is 36.7 Å². The number of rotatable bonds is 3. The molecule has 2 aliphatic carbocycles. The number of imide groups is 1. The maximum Gasteiger partial charge on any atom is 0.320 e. The highest BCUT2D eigenvalue weighted by molar-refractivity contribution is 6.07. The maximum atomic E-state index is 12.7. The number of anilines is 1. The first kappa shape index (κ1) is 14.9. The number of carbonyl (C=O) groups excluding carboxylic acids is 3. The molecule has 24 heavy (non-hydrogen) atoms. The Balaban J connectivity index is 1.44. The Kier molecular flexibility index (Phi) is 3.37. The molecular weight excluding hydrogens is 308 g/mol. The van der Waals surface area contributed by atoms with Crippen LogP contribution in [0.5, 0.6) is 0 Å². The molecule has 5 atom stereocenters. The van der Waals surface area contributed by atoms with E-state index in [4.69, 9.17) is 0 Å². The number of likely N-dealkylation sites (tertiary alicyclic amines) is 1. The van der Waals surface area contributed by atoms with E-state index in [1.807, 2.05) is 12.2 Å². The Hall–Kier alpha value is -2.70. The first-order valence-corrected chi connectivity index (χ1v) is 8.09. The highest BCUT2D eigenvalue weighted by Crippen LogP contribution is 2.52. The quantitative estimate of drug-likeness (QED) is 0.648. The molecule has 1 saturated carbocycles. The van der Waals surface area contributed by atoms with Gasteiger partial charge in [0.25, 0.3) is 0 Å². The highest BCUT2D eigenvalue weighted by Gasteiger charge is 2.60. The van der Waals surface area contributed by atoms with E-state index >= 15 is 0 Å². The van der Waals surface area contributed by atoms with E-state index in [0.717, 1.165) is 6.42 Å². The van der Waals surface area contributed by atoms with Crippen molar-refractivity contribution in [2.24, 2.45) is 23.7 Å². The fourth-order valence-corrected chi connectivity index (χ4v) is 4.17. The number of amides is 4. The second-order valence-corrected chi connectivity index (χ2v) is 6.56. The summed E-state index contributed by atoms with van der Waals surface area (Å²) in [5, 5.41) is 5.29. The second kappa shape index (κ2) is 5.43. The lowest BCUT2D eigenvalue weighted by Crippen LogP contribution is -2.51. The number of carbonyl (C=O) groups is 3. The number of urea groups is 1. The fourth-order valence-electron chi connectivity index (χ4n) is 4.17. The molecule has 7 heteroatoms. The number of hydrogen-bond acceptors (Lipinski definition) is 4. The summed E-state index contributed by atoms with van der Waals surface area (Å²) in [6.07, 6.45) is 7.43. The Morgan fingerprint density at radius 1 is 1.25 bits per heavy atom. The van der Waals surface area contributed by atoms with Crippen LogP contribution in [-0.4, -0.2) is 33.9 Å². The van der Waals surface area contributed by atoms with Gasteiger partial charge < -0.3 is 10.6 Å². The number of allylic oxidation sites excluding steroid dienone is 2. The van der Waals surface area contributed by atoms with Crippen LogP contribution in [0.4, 0.5) is 10.5 Å². The average molecular weight is 326 g/mol. The van der Waals surface area contributed by atoms with E-state index in [0.29, 0.717) is 5.69 Å². The fraction of sp³-hybridized carbons (Fsp3) is 0.412. The minimum Gasteiger partial charge on any atom is -0.317 e. The number of nitrogens with one attached hydrogen (secondary N) is 2. The van der Waals surface area contributed by atoms with Crippen LogP contribution in [0.1, 0.15) is 13.3 Å². The topological polar surface area (TPSA) is 91.4 Å². The van der Waals surface area contributed by atoms with Gasteiger partial charge in [0, 0.05) is 6.20 Å². The summed E-state index contributed by atoms with van der Waals surface area (Å²) < 4.78 is 0. The first-order chi connectivity index (χ1) is 11.6. The first-order valence-electron chi connectivity index (χ1n) is 8.09. The van der Waals surface area contributed by atoms with Gasteiger partial charge in [-0.2, -0.15) is 0 Å². The van der Waals surface area contributed by atoms with E-state index < -0.39 is 12.2 Å². The molecule has 1 aromatic rings. The van der Waals surface area contributed by atoms with Crippen molar-refractivity contribution in [2.45, 2.75) is 19.5 Å². The summed E-state index contributed by atoms with van der Waals surface area (Å²) >= 11 is 0. The normalized spacial score (nSPS) is 31.3. The van der Waals surface area contributed by atoms with Crippen molar-refractivity contribution in [3.63, 3.8) is 0 Å². The molecule has 7 nitrogen and oxygen atoms in total. The molecule has 0 aromatic carbocycles. The third-order valence-electron chi connectivity index (χ3n) is 5.15. The average Bonchev–Trinajstić information content (AvgIpc) is 3.22. The van der Waals surface area contributed by atoms with Crippen molar-refractivity contribution < 1.29 is 14.4 Å². The van der Waals surface area contributed by atoms with Gasteiger partial charge in [-0.3, -0.25) is 19.5 Å². The van der Waals surface area contributed by atoms with Gasteiger partial charge in [-0.25, -0.2) is 4.79 Å². The van der Waals surface area contributed by atoms with Crippen LogP contribution in [0, 0.1) is 23.7 Å². The van der Waals surface area contributed by atoms with Crippen LogP contribution >= 0.6 is 0 Å². The maximum absolute atomic E-state index is 12.7. The highest BCUT2D eigenvalue weighted by atomic mass is 16.2. The van der Waals surface area contributed by atoms with E-state index in [2.05, 4.69) is 15.6 Å². The predicted octanol–water partition coefficient (Wildman–Crippen LogP) is 1.36. The Labute approximate surface area is 139 Å². The van der Waals surface area contributed by atoms with E-state index in [1.165, 1.54) is 11.1 Å². The predicted molar refractivity (Wildman–Crippen MR) is 85.4 cm³/mol. The number of aromatic nitrogens is 1. The molecule has 124 valence electrons. The lowest BCUT2D eigenvalue weighted by molar-refractivity contribution is -0.143. The van der Waals surface area contributed by atoms with Crippen LogP contribution in [0.25, 0.3) is 0 Å². The van der Waals surface area contributed by atoms with Gasteiger partial charge in [0.05, 0.1) is 23.7 Å². The molecule has 1 aromatic heterocycles. The van der Waals surface area contributed by atoms with Crippen LogP contribution in [0.15, 0.2) is 36.7 Å². The zero-order chi connectivity index (χ0) is 16.8. The Morgan fingerprint density at radius 3 is 2.50 bits per heavy atom. The lowest BCUT2D eigenvalue weighted by Gasteiger charge is -2.25. The molecule has 0 unspecified atom stereocenters. The van der Waals surface area contributed by atoms with Crippen molar-refractivity contribution in [1.82, 2.24) is 15.2 Å². The largest absolute Gasteiger partial charge is 0.320 e. The van der Waals surface area contributed by atoms with Crippen LogP contribution in [0.3, 0.4) is 0 Å². The Morgan fingerprint density at radius 2 is 1.92 bits per heavy atom. The molecule has 2 bridgehead atoms. The summed E-state index contributed by atoms with van der Waals surface area (Å²) in [6, 6.07) is 2.93. The standard InChI is InChI=1S/C17H18N4O3/c1-9(19-17(24)20-12-3-2-6-18-8-12)21-15(22)13-10-4-5-11(7-10)14(13)16(21)23/h2-6,8-11,13-14H,7H2,1H3,(H2,19,20,24)/t9-,10+,11+,13+,14+/m1/s1. The molecule has 2 heterocycles. The molecular formula is C17H18N4O3. The summed E-state index contributed by atoms with van der Waals surface area (Å²) in [7, 11) is 0. The molecule has 2 fully saturated rings. The molecule has 0 radical (unpaired) electrons. The van der Waals surface area contributed by atoms with Crippen LogP contribution in [-0.2, 0) is 9.59 Å². The molecule has 2 N–H and O–H groups in total. The van der Waals surface area contributed by atoms with Gasteiger partial charge in [-0.15, -0.1) is 0 Å². The summed E-state index contributed by atoms with van der Waals surface area (Å²) in [6.45, 7) is 1.65. The monoisotopic (exact) mass is 326 g/mol. The number of hydrogen-bond donors (Lipinski definition) is 2. The number of nitrogens with zero attached hydrogens (tertiary/aromatic N) is 2. The van der Waals surface area contributed by atoms with E-state index in [-0.39, 0.29) is 35.5 Å². The molecule has 0 spiro atoms. The van der Waals surface area contributed by atoms with Crippen LogP contribution in [0.2, 0.25) is 0 Å². The van der Waals surface area contributed by atoms with E-state index in [9.17, 15) is 14.4 Å². The molecule has 4 rings (SSSR count). The van der Waals surface area contributed by atoms with Gasteiger partial charge >= 0.3 is 6.03 Å². The van der Waals surface area contributed by atoms with E-state index in [1.54, 1.807) is 25.3 Å². The molecule has 3 aliphatic rings. The minimum absolute atomic E-state index is 0.165. The van der Waals surface area contributed by atoms with Gasteiger partial charge in [-0.05, 0) is 37.3 Å². The molecule has 4 amide bonds. The van der Waals surface area contributed by atoms with Crippen molar-refractivity contribution in [3.8, 4) is 0 Å². The zero-order valence-electron chi connectivity index (χ0n) is 13.2. The Bertz CT molecular complexity index is 703. The second-order valence-electron chi connectivity index (χ2n) is 6.56. The number of fused-ring (bicyclic) bond motifs is 5. The SMILES string of the molecule is C[C@H](NC(=O)Nc1cccnc1)N1C(=O)[C@@H]2[C@@H](C1=O)[C@H]1C=C[C@H]2C1. The third-order valence-corrected chi connectivity index (χ3v) is 5.15. The zero-order valence-corrected chi connectivity index (χ0v) is 13.2. The van der Waals surface area contributed by atoms with Gasteiger partial charge in [0.15, 0.2) is 0 Å². The van der Waals surface area contributed by atoms with Gasteiger partial charge in [0.1, 0.15) is 6.17 Å². The summed E-state index contributed by atoms with van der Waals surface area (Å²) in [5.74, 6) is -0.515. The summed E-state index contributed by atoms with van der Waals surface area (Å²) in [5.41, 5.74) is 0.542. The van der Waals surface area contributed by atoms with Gasteiger partial charge in [-0.1, -0.05) is 12.2 Å². The molecule has 1 saturated heterocycles. The lowest BCUT2D eigenvalue weighted by atomic mass is 9.85. The third kappa shape index (κ3) is 2.19. The molecule has 1 aliphatic heterocycles. The summed E-state index contributed by atoms with van der Waals surface area (Å²) in [4.78, 5) is 42.5. The van der Waals surface area contributed by atoms with Gasteiger partial charge in [0.2, 0.25) is 11.8 Å². The number of pyridine rings is 1. The van der Waals surface area contributed by atoms with Crippen molar-refractivity contribution in [1.29, 1.82) is 0 Å². The van der Waals surface area contributed by atoms with Crippen molar-refractivity contribution in [2.75, 3.05) is 5.32 Å². The minimum atomic E-state index is -0.688.